The van der Waals surface area contributed by atoms with Gasteiger partial charge in [-0.25, -0.2) is 0 Å². The van der Waals surface area contributed by atoms with E-state index in [1.54, 1.807) is 0 Å². The Bertz CT molecular complexity index is 636. The van der Waals surface area contributed by atoms with Crippen LogP contribution >= 0.6 is 11.6 Å². The molecule has 1 unspecified atom stereocenters. The summed E-state index contributed by atoms with van der Waals surface area (Å²) in [6.45, 7) is 5.47. The van der Waals surface area contributed by atoms with Crippen LogP contribution in [0.3, 0.4) is 0 Å². The van der Waals surface area contributed by atoms with Crippen LogP contribution in [0.4, 0.5) is 5.69 Å². The lowest BCUT2D eigenvalue weighted by Crippen LogP contribution is -2.51. The summed E-state index contributed by atoms with van der Waals surface area (Å²) in [5.74, 6) is 1.33. The van der Waals surface area contributed by atoms with Crippen LogP contribution in [-0.4, -0.2) is 55.8 Å². The van der Waals surface area contributed by atoms with Gasteiger partial charge >= 0.3 is 0 Å². The number of rotatable bonds is 3. The van der Waals surface area contributed by atoms with Crippen molar-refractivity contribution < 1.29 is 4.74 Å². The SMILES string of the molecule is NC(=NCC1CCOC2(CCC2)C1)N1CCN(c2ccc(Cl)cc2)CC1. The number of guanidine groups is 1. The van der Waals surface area contributed by atoms with Gasteiger partial charge < -0.3 is 20.3 Å². The first-order chi connectivity index (χ1) is 12.6. The summed E-state index contributed by atoms with van der Waals surface area (Å²) >= 11 is 5.98. The highest BCUT2D eigenvalue weighted by Crippen LogP contribution is 2.44. The van der Waals surface area contributed by atoms with Gasteiger partial charge in [-0.05, 0) is 62.3 Å². The van der Waals surface area contributed by atoms with Crippen molar-refractivity contribution in [3.8, 4) is 0 Å². The lowest BCUT2D eigenvalue weighted by Gasteiger charge is -2.47. The predicted octanol–water partition coefficient (Wildman–Crippen LogP) is 3.13. The fourth-order valence-corrected chi connectivity index (χ4v) is 4.50. The fraction of sp³-hybridized carbons (Fsp3) is 0.650. The third-order valence-corrected chi connectivity index (χ3v) is 6.42. The van der Waals surface area contributed by atoms with Crippen molar-refractivity contribution >= 4 is 23.2 Å². The van der Waals surface area contributed by atoms with E-state index in [9.17, 15) is 0 Å². The summed E-state index contributed by atoms with van der Waals surface area (Å²) in [6.07, 6.45) is 6.05. The molecule has 2 N–H and O–H groups in total. The standard InChI is InChI=1S/C20H29ClN4O/c21-17-2-4-18(5-3-17)24-9-11-25(12-10-24)19(22)23-15-16-6-13-26-20(14-16)7-1-8-20/h2-5,16H,1,6-15H2,(H2,22,23). The van der Waals surface area contributed by atoms with Gasteiger partial charge in [0.1, 0.15) is 0 Å². The van der Waals surface area contributed by atoms with Gasteiger partial charge in [0.05, 0.1) is 5.60 Å². The van der Waals surface area contributed by atoms with Crippen LogP contribution < -0.4 is 10.6 Å². The predicted molar refractivity (Wildman–Crippen MR) is 107 cm³/mol. The van der Waals surface area contributed by atoms with Gasteiger partial charge in [0.15, 0.2) is 5.96 Å². The minimum atomic E-state index is 0.192. The molecule has 1 aromatic rings. The highest BCUT2D eigenvalue weighted by atomic mass is 35.5. The van der Waals surface area contributed by atoms with Crippen LogP contribution in [-0.2, 0) is 4.74 Å². The van der Waals surface area contributed by atoms with E-state index in [-0.39, 0.29) is 5.60 Å². The van der Waals surface area contributed by atoms with Crippen LogP contribution in [0.5, 0.6) is 0 Å². The number of nitrogens with two attached hydrogens (primary N) is 1. The molecule has 1 aliphatic carbocycles. The number of ether oxygens (including phenoxy) is 1. The Balaban J connectivity index is 1.27. The molecule has 2 heterocycles. The molecule has 1 atom stereocenters. The monoisotopic (exact) mass is 376 g/mol. The van der Waals surface area contributed by atoms with Crippen molar-refractivity contribution in [2.45, 2.75) is 37.7 Å². The topological polar surface area (TPSA) is 54.1 Å². The van der Waals surface area contributed by atoms with Crippen molar-refractivity contribution in [3.05, 3.63) is 29.3 Å². The molecule has 0 radical (unpaired) electrons. The van der Waals surface area contributed by atoms with Crippen LogP contribution in [0.1, 0.15) is 32.1 Å². The first kappa shape index (κ1) is 17.9. The molecule has 3 aliphatic rings. The zero-order chi connectivity index (χ0) is 18.0. The molecular formula is C20H29ClN4O. The molecule has 1 saturated carbocycles. The summed E-state index contributed by atoms with van der Waals surface area (Å²) in [7, 11) is 0. The molecule has 0 aromatic heterocycles. The average molecular weight is 377 g/mol. The van der Waals surface area contributed by atoms with Crippen molar-refractivity contribution in [1.29, 1.82) is 0 Å². The Morgan fingerprint density at radius 2 is 1.92 bits per heavy atom. The Morgan fingerprint density at radius 1 is 1.19 bits per heavy atom. The first-order valence-electron chi connectivity index (χ1n) is 9.83. The van der Waals surface area contributed by atoms with Crippen LogP contribution in [0.2, 0.25) is 5.02 Å². The van der Waals surface area contributed by atoms with Crippen LogP contribution in [0, 0.1) is 5.92 Å². The highest BCUT2D eigenvalue weighted by Gasteiger charge is 2.42. The van der Waals surface area contributed by atoms with Crippen molar-refractivity contribution in [2.24, 2.45) is 16.6 Å². The number of hydrogen-bond donors (Lipinski definition) is 1. The number of aliphatic imine (C=N–C) groups is 1. The summed E-state index contributed by atoms with van der Waals surface area (Å²) in [5, 5.41) is 0.778. The van der Waals surface area contributed by atoms with E-state index in [1.807, 2.05) is 12.1 Å². The summed E-state index contributed by atoms with van der Waals surface area (Å²) in [6, 6.07) is 8.05. The lowest BCUT2D eigenvalue weighted by atomic mass is 9.72. The lowest BCUT2D eigenvalue weighted by molar-refractivity contribution is -0.141. The second-order valence-electron chi connectivity index (χ2n) is 7.89. The van der Waals surface area contributed by atoms with Gasteiger partial charge in [-0.2, -0.15) is 0 Å². The largest absolute Gasteiger partial charge is 0.375 e. The molecule has 3 fully saturated rings. The fourth-order valence-electron chi connectivity index (χ4n) is 4.37. The van der Waals surface area contributed by atoms with E-state index in [4.69, 9.17) is 27.1 Å². The van der Waals surface area contributed by atoms with Crippen molar-refractivity contribution in [3.63, 3.8) is 0 Å². The van der Waals surface area contributed by atoms with Crippen molar-refractivity contribution in [2.75, 3.05) is 44.2 Å². The Morgan fingerprint density at radius 3 is 2.58 bits per heavy atom. The van der Waals surface area contributed by atoms with Gasteiger partial charge in [0, 0.05) is 50.0 Å². The number of nitrogens with zero attached hydrogens (tertiary/aromatic N) is 3. The molecule has 26 heavy (non-hydrogen) atoms. The third kappa shape index (κ3) is 3.94. The van der Waals surface area contributed by atoms with E-state index < -0.39 is 0 Å². The molecule has 2 aliphatic heterocycles. The molecule has 0 amide bonds. The van der Waals surface area contributed by atoms with Gasteiger partial charge in [-0.1, -0.05) is 11.6 Å². The molecule has 1 aromatic carbocycles. The molecule has 4 rings (SSSR count). The molecule has 6 heteroatoms. The normalized spacial score (nSPS) is 26.0. The zero-order valence-electron chi connectivity index (χ0n) is 15.4. The van der Waals surface area contributed by atoms with E-state index >= 15 is 0 Å². The minimum Gasteiger partial charge on any atom is -0.375 e. The molecular weight excluding hydrogens is 348 g/mol. The summed E-state index contributed by atoms with van der Waals surface area (Å²) in [5.41, 5.74) is 7.70. The second kappa shape index (κ2) is 7.65. The van der Waals surface area contributed by atoms with E-state index in [0.717, 1.165) is 57.2 Å². The Hall–Kier alpha value is -1.46. The quantitative estimate of drug-likeness (QED) is 0.650. The van der Waals surface area contributed by atoms with Gasteiger partial charge in [0.2, 0.25) is 0 Å². The Labute approximate surface area is 161 Å². The number of piperazine rings is 1. The summed E-state index contributed by atoms with van der Waals surface area (Å²) in [4.78, 5) is 9.32. The minimum absolute atomic E-state index is 0.192. The first-order valence-corrected chi connectivity index (χ1v) is 10.2. The molecule has 142 valence electrons. The number of anilines is 1. The molecule has 1 spiro atoms. The summed E-state index contributed by atoms with van der Waals surface area (Å²) < 4.78 is 6.01. The number of halogens is 1. The Kier molecular flexibility index (Phi) is 5.28. The average Bonchev–Trinajstić information content (AvgIpc) is 2.66. The maximum absolute atomic E-state index is 6.29. The maximum atomic E-state index is 6.29. The van der Waals surface area contributed by atoms with Gasteiger partial charge in [-0.15, -0.1) is 0 Å². The van der Waals surface area contributed by atoms with Crippen LogP contribution in [0.25, 0.3) is 0 Å². The molecule has 2 saturated heterocycles. The van der Waals surface area contributed by atoms with Crippen molar-refractivity contribution in [1.82, 2.24) is 4.90 Å². The zero-order valence-corrected chi connectivity index (χ0v) is 16.1. The molecule has 5 nitrogen and oxygen atoms in total. The van der Waals surface area contributed by atoms with Crippen LogP contribution in [0.15, 0.2) is 29.3 Å². The molecule has 0 bridgehead atoms. The smallest absolute Gasteiger partial charge is 0.191 e. The van der Waals surface area contributed by atoms with Gasteiger partial charge in [0.25, 0.3) is 0 Å². The van der Waals surface area contributed by atoms with E-state index in [1.165, 1.54) is 24.9 Å². The number of hydrogen-bond acceptors (Lipinski definition) is 3. The second-order valence-corrected chi connectivity index (χ2v) is 8.33. The highest BCUT2D eigenvalue weighted by molar-refractivity contribution is 6.30. The van der Waals surface area contributed by atoms with E-state index in [2.05, 4.69) is 21.9 Å². The van der Waals surface area contributed by atoms with Gasteiger partial charge in [-0.3, -0.25) is 4.99 Å². The third-order valence-electron chi connectivity index (χ3n) is 6.17. The maximum Gasteiger partial charge on any atom is 0.191 e. The van der Waals surface area contributed by atoms with E-state index in [0.29, 0.717) is 11.9 Å². The number of benzene rings is 1.